The van der Waals surface area contributed by atoms with Crippen molar-refractivity contribution in [3.8, 4) is 17.2 Å². The van der Waals surface area contributed by atoms with Crippen molar-refractivity contribution >= 4 is 5.97 Å². The molecule has 1 aromatic carbocycles. The fourth-order valence-electron chi connectivity index (χ4n) is 0.978. The summed E-state index contributed by atoms with van der Waals surface area (Å²) in [7, 11) is 1.22. The van der Waals surface area contributed by atoms with E-state index in [1.165, 1.54) is 7.11 Å². The average Bonchev–Trinajstić information content (AvgIpc) is 2.14. The van der Waals surface area contributed by atoms with Crippen molar-refractivity contribution in [2.75, 3.05) is 7.11 Å². The van der Waals surface area contributed by atoms with Gasteiger partial charge in [-0.05, 0) is 6.07 Å². The zero-order valence-electron chi connectivity index (χ0n) is 7.52. The molecule has 76 valence electrons. The molecule has 0 heterocycles. The first-order valence-electron chi connectivity index (χ1n) is 3.85. The Kier molecular flexibility index (Phi) is 2.81. The first kappa shape index (κ1) is 10.2. The van der Waals surface area contributed by atoms with Crippen LogP contribution in [0.2, 0.25) is 0 Å². The molecule has 0 bridgehead atoms. The molecule has 0 aliphatic rings. The Hall–Kier alpha value is -1.91. The average molecular weight is 198 g/mol. The molecule has 0 radical (unpaired) electrons. The van der Waals surface area contributed by atoms with Gasteiger partial charge < -0.3 is 20.1 Å². The zero-order chi connectivity index (χ0) is 10.7. The lowest BCUT2D eigenvalue weighted by molar-refractivity contribution is -0.139. The minimum atomic E-state index is -0.537. The number of aromatic hydroxyl groups is 3. The molecular weight excluding hydrogens is 188 g/mol. The predicted octanol–water partition coefficient (Wildman–Crippen LogP) is 0.519. The first-order chi connectivity index (χ1) is 6.54. The number of hydrogen-bond acceptors (Lipinski definition) is 5. The minimum absolute atomic E-state index is 0.157. The molecule has 14 heavy (non-hydrogen) atoms. The van der Waals surface area contributed by atoms with Gasteiger partial charge >= 0.3 is 5.97 Å². The van der Waals surface area contributed by atoms with E-state index in [-0.39, 0.29) is 23.5 Å². The normalized spacial score (nSPS) is 9.79. The molecule has 0 atom stereocenters. The van der Waals surface area contributed by atoms with Crippen LogP contribution in [-0.4, -0.2) is 28.4 Å². The van der Waals surface area contributed by atoms with Crippen LogP contribution in [0, 0.1) is 0 Å². The van der Waals surface area contributed by atoms with E-state index >= 15 is 0 Å². The van der Waals surface area contributed by atoms with Crippen molar-refractivity contribution < 1.29 is 24.9 Å². The van der Waals surface area contributed by atoms with Crippen LogP contribution in [-0.2, 0) is 16.0 Å². The van der Waals surface area contributed by atoms with Crippen molar-refractivity contribution in [3.63, 3.8) is 0 Å². The number of carbonyl (C=O) groups is 1. The van der Waals surface area contributed by atoms with E-state index in [1.807, 2.05) is 0 Å². The summed E-state index contributed by atoms with van der Waals surface area (Å²) in [6.07, 6.45) is -0.157. The monoisotopic (exact) mass is 198 g/mol. The number of methoxy groups -OCH3 is 1. The van der Waals surface area contributed by atoms with E-state index in [0.29, 0.717) is 0 Å². The number of benzene rings is 1. The summed E-state index contributed by atoms with van der Waals surface area (Å²) in [5.41, 5.74) is 0.201. The van der Waals surface area contributed by atoms with Crippen molar-refractivity contribution in [1.29, 1.82) is 0 Å². The lowest BCUT2D eigenvalue weighted by atomic mass is 10.1. The van der Waals surface area contributed by atoms with Gasteiger partial charge in [-0.3, -0.25) is 4.79 Å². The van der Waals surface area contributed by atoms with Crippen LogP contribution in [0.25, 0.3) is 0 Å². The van der Waals surface area contributed by atoms with Crippen molar-refractivity contribution in [3.05, 3.63) is 17.7 Å². The molecule has 0 spiro atoms. The highest BCUT2D eigenvalue weighted by atomic mass is 16.5. The van der Waals surface area contributed by atoms with Gasteiger partial charge in [0.05, 0.1) is 13.5 Å². The Balaban J connectivity index is 2.98. The summed E-state index contributed by atoms with van der Waals surface area (Å²) in [5.74, 6) is -1.62. The smallest absolute Gasteiger partial charge is 0.310 e. The van der Waals surface area contributed by atoms with Crippen LogP contribution in [0.15, 0.2) is 12.1 Å². The van der Waals surface area contributed by atoms with Crippen molar-refractivity contribution in [2.45, 2.75) is 6.42 Å². The number of rotatable bonds is 2. The Labute approximate surface area is 80.2 Å². The molecule has 0 aliphatic heterocycles. The summed E-state index contributed by atoms with van der Waals surface area (Å²) >= 11 is 0. The van der Waals surface area contributed by atoms with Gasteiger partial charge in [0.2, 0.25) is 0 Å². The number of phenolic OH excluding ortho intramolecular Hbond substituents is 3. The Bertz CT molecular complexity index is 358. The number of hydrogen-bond donors (Lipinski definition) is 3. The number of phenols is 3. The first-order valence-corrected chi connectivity index (χ1v) is 3.85. The SMILES string of the molecule is COC(=O)Cc1cc(O)c(O)cc1O. The fraction of sp³-hybridized carbons (Fsp3) is 0.222. The zero-order valence-corrected chi connectivity index (χ0v) is 7.52. The standard InChI is InChI=1S/C9H10O5/c1-14-9(13)3-5-2-7(11)8(12)4-6(5)10/h2,4,10-12H,3H2,1H3. The van der Waals surface area contributed by atoms with Crippen LogP contribution in [0.1, 0.15) is 5.56 Å². The maximum absolute atomic E-state index is 10.9. The largest absolute Gasteiger partial charge is 0.508 e. The second-order valence-electron chi connectivity index (χ2n) is 2.72. The van der Waals surface area contributed by atoms with Crippen LogP contribution in [0.4, 0.5) is 0 Å². The number of esters is 1. The lowest BCUT2D eigenvalue weighted by Gasteiger charge is -2.05. The van der Waals surface area contributed by atoms with Gasteiger partial charge in [-0.25, -0.2) is 0 Å². The third-order valence-electron chi connectivity index (χ3n) is 1.74. The third kappa shape index (κ3) is 2.07. The topological polar surface area (TPSA) is 87.0 Å². The minimum Gasteiger partial charge on any atom is -0.508 e. The van der Waals surface area contributed by atoms with E-state index in [0.717, 1.165) is 12.1 Å². The summed E-state index contributed by atoms with van der Waals surface area (Å²) in [5, 5.41) is 27.4. The Morgan fingerprint density at radius 1 is 1.21 bits per heavy atom. The van der Waals surface area contributed by atoms with Crippen LogP contribution in [0.3, 0.4) is 0 Å². The van der Waals surface area contributed by atoms with E-state index in [9.17, 15) is 9.90 Å². The molecule has 0 unspecified atom stereocenters. The third-order valence-corrected chi connectivity index (χ3v) is 1.74. The maximum atomic E-state index is 10.9. The van der Waals surface area contributed by atoms with Crippen LogP contribution < -0.4 is 0 Å². The van der Waals surface area contributed by atoms with Gasteiger partial charge in [0.25, 0.3) is 0 Å². The molecule has 1 rings (SSSR count). The fourth-order valence-corrected chi connectivity index (χ4v) is 0.978. The highest BCUT2D eigenvalue weighted by molar-refractivity contribution is 5.74. The van der Waals surface area contributed by atoms with Gasteiger partial charge in [-0.1, -0.05) is 0 Å². The summed E-state index contributed by atoms with van der Waals surface area (Å²) in [6, 6.07) is 2.08. The predicted molar refractivity (Wildman–Crippen MR) is 47.2 cm³/mol. The quantitative estimate of drug-likeness (QED) is 0.366. The number of ether oxygens (including phenoxy) is 1. The second-order valence-corrected chi connectivity index (χ2v) is 2.72. The summed E-state index contributed by atoms with van der Waals surface area (Å²) in [6.45, 7) is 0. The van der Waals surface area contributed by atoms with Crippen molar-refractivity contribution in [2.24, 2.45) is 0 Å². The molecule has 0 aromatic heterocycles. The molecule has 5 heteroatoms. The van der Waals surface area contributed by atoms with E-state index in [1.54, 1.807) is 0 Å². The van der Waals surface area contributed by atoms with Gasteiger partial charge in [-0.15, -0.1) is 0 Å². The second kappa shape index (κ2) is 3.87. The summed E-state index contributed by atoms with van der Waals surface area (Å²) in [4.78, 5) is 10.9. The van der Waals surface area contributed by atoms with Gasteiger partial charge in [0.15, 0.2) is 11.5 Å². The molecule has 0 saturated carbocycles. The van der Waals surface area contributed by atoms with E-state index in [2.05, 4.69) is 4.74 Å². The molecular formula is C9H10O5. The van der Waals surface area contributed by atoms with Gasteiger partial charge in [-0.2, -0.15) is 0 Å². The van der Waals surface area contributed by atoms with Crippen molar-refractivity contribution in [1.82, 2.24) is 0 Å². The molecule has 1 aromatic rings. The van der Waals surface area contributed by atoms with Gasteiger partial charge in [0, 0.05) is 11.6 Å². The van der Waals surface area contributed by atoms with E-state index in [4.69, 9.17) is 10.2 Å². The molecule has 0 fully saturated rings. The summed E-state index contributed by atoms with van der Waals surface area (Å²) < 4.78 is 4.39. The van der Waals surface area contributed by atoms with Crippen LogP contribution in [0.5, 0.6) is 17.2 Å². The molecule has 0 amide bonds. The van der Waals surface area contributed by atoms with Gasteiger partial charge in [0.1, 0.15) is 5.75 Å². The number of carbonyl (C=O) groups excluding carboxylic acids is 1. The molecule has 0 saturated heterocycles. The Morgan fingerprint density at radius 2 is 1.79 bits per heavy atom. The lowest BCUT2D eigenvalue weighted by Crippen LogP contribution is -2.04. The Morgan fingerprint density at radius 3 is 2.36 bits per heavy atom. The molecule has 5 nitrogen and oxygen atoms in total. The maximum Gasteiger partial charge on any atom is 0.310 e. The highest BCUT2D eigenvalue weighted by Crippen LogP contribution is 2.32. The highest BCUT2D eigenvalue weighted by Gasteiger charge is 2.11. The van der Waals surface area contributed by atoms with E-state index < -0.39 is 11.7 Å². The van der Waals surface area contributed by atoms with Crippen LogP contribution >= 0.6 is 0 Å². The molecule has 0 aliphatic carbocycles. The molecule has 3 N–H and O–H groups in total.